The number of aromatic nitrogens is 1. The van der Waals surface area contributed by atoms with Gasteiger partial charge in [-0.25, -0.2) is 0 Å². The minimum atomic E-state index is 0.383. The Hall–Kier alpha value is -0.850. The Morgan fingerprint density at radius 3 is 2.85 bits per heavy atom. The van der Waals surface area contributed by atoms with E-state index in [-0.39, 0.29) is 0 Å². The molecule has 1 aliphatic rings. The summed E-state index contributed by atoms with van der Waals surface area (Å²) in [5.74, 6) is 0.705. The molecule has 0 saturated heterocycles. The molecule has 1 heteroatoms. The van der Waals surface area contributed by atoms with E-state index in [1.165, 1.54) is 24.0 Å². The Morgan fingerprint density at radius 2 is 2.15 bits per heavy atom. The van der Waals surface area contributed by atoms with E-state index in [9.17, 15) is 0 Å². The molecule has 1 aliphatic carbocycles. The molecular weight excluding hydrogens is 158 g/mol. The van der Waals surface area contributed by atoms with Crippen molar-refractivity contribution in [3.05, 3.63) is 29.6 Å². The van der Waals surface area contributed by atoms with Crippen LogP contribution in [0.3, 0.4) is 0 Å². The maximum Gasteiger partial charge on any atom is 0.0305 e. The van der Waals surface area contributed by atoms with Gasteiger partial charge in [0.25, 0.3) is 0 Å². The van der Waals surface area contributed by atoms with Gasteiger partial charge >= 0.3 is 0 Å². The van der Waals surface area contributed by atoms with Crippen molar-refractivity contribution < 1.29 is 0 Å². The lowest BCUT2D eigenvalue weighted by Gasteiger charge is -2.27. The first-order chi connectivity index (χ1) is 6.09. The van der Waals surface area contributed by atoms with E-state index in [4.69, 9.17) is 0 Å². The molecule has 1 nitrogen and oxygen atoms in total. The zero-order valence-corrected chi connectivity index (χ0v) is 8.67. The fraction of sp³-hybridized carbons (Fsp3) is 0.583. The number of nitrogens with zero attached hydrogens (tertiary/aromatic N) is 1. The van der Waals surface area contributed by atoms with Crippen LogP contribution in [0.2, 0.25) is 0 Å². The molecule has 0 N–H and O–H groups in total. The number of hydrogen-bond donors (Lipinski definition) is 0. The van der Waals surface area contributed by atoms with Gasteiger partial charge in [0.1, 0.15) is 0 Å². The van der Waals surface area contributed by atoms with Crippen LogP contribution in [-0.4, -0.2) is 4.98 Å². The van der Waals surface area contributed by atoms with Crippen LogP contribution < -0.4 is 0 Å². The lowest BCUT2D eigenvalue weighted by Crippen LogP contribution is -2.15. The number of rotatable bonds is 0. The molecule has 1 atom stereocenters. The summed E-state index contributed by atoms with van der Waals surface area (Å²) in [5.41, 5.74) is 3.37. The van der Waals surface area contributed by atoms with Crippen molar-refractivity contribution in [1.29, 1.82) is 0 Å². The first-order valence-corrected chi connectivity index (χ1v) is 5.02. The molecule has 0 aromatic carbocycles. The number of pyridine rings is 1. The second kappa shape index (κ2) is 2.83. The van der Waals surface area contributed by atoms with Gasteiger partial charge in [0.2, 0.25) is 0 Å². The SMILES string of the molecule is CC(C)(C)[C@@H]1CCc2ccncc21. The molecular formula is C12H17N. The predicted molar refractivity (Wildman–Crippen MR) is 54.8 cm³/mol. The highest BCUT2D eigenvalue weighted by molar-refractivity contribution is 5.33. The van der Waals surface area contributed by atoms with Crippen LogP contribution in [0, 0.1) is 5.41 Å². The smallest absolute Gasteiger partial charge is 0.0305 e. The van der Waals surface area contributed by atoms with E-state index in [0.717, 1.165) is 0 Å². The molecule has 1 aromatic rings. The summed E-state index contributed by atoms with van der Waals surface area (Å²) >= 11 is 0. The second-order valence-electron chi connectivity index (χ2n) is 5.03. The molecule has 0 fully saturated rings. The third-order valence-electron chi connectivity index (χ3n) is 3.07. The second-order valence-corrected chi connectivity index (χ2v) is 5.03. The Morgan fingerprint density at radius 1 is 1.38 bits per heavy atom. The van der Waals surface area contributed by atoms with Crippen LogP contribution in [0.4, 0.5) is 0 Å². The topological polar surface area (TPSA) is 12.9 Å². The highest BCUT2D eigenvalue weighted by Gasteiger charge is 2.31. The number of fused-ring (bicyclic) bond motifs is 1. The van der Waals surface area contributed by atoms with E-state index >= 15 is 0 Å². The third-order valence-corrected chi connectivity index (χ3v) is 3.07. The lowest BCUT2D eigenvalue weighted by atomic mass is 9.78. The van der Waals surface area contributed by atoms with Crippen LogP contribution in [0.5, 0.6) is 0 Å². The molecule has 0 radical (unpaired) electrons. The van der Waals surface area contributed by atoms with E-state index < -0.39 is 0 Å². The Labute approximate surface area is 80.2 Å². The van der Waals surface area contributed by atoms with Gasteiger partial charge in [0.05, 0.1) is 0 Å². The molecule has 70 valence electrons. The fourth-order valence-electron chi connectivity index (χ4n) is 2.33. The molecule has 0 aliphatic heterocycles. The summed E-state index contributed by atoms with van der Waals surface area (Å²) in [4.78, 5) is 4.22. The Bertz CT molecular complexity index is 309. The van der Waals surface area contributed by atoms with Crippen LogP contribution in [0.25, 0.3) is 0 Å². The summed E-state index contributed by atoms with van der Waals surface area (Å²) in [6.07, 6.45) is 6.49. The quantitative estimate of drug-likeness (QED) is 0.590. The maximum absolute atomic E-state index is 4.22. The summed E-state index contributed by atoms with van der Waals surface area (Å²) < 4.78 is 0. The minimum absolute atomic E-state index is 0.383. The van der Waals surface area contributed by atoms with E-state index in [0.29, 0.717) is 11.3 Å². The monoisotopic (exact) mass is 175 g/mol. The van der Waals surface area contributed by atoms with Gasteiger partial charge in [-0.05, 0) is 41.4 Å². The average Bonchev–Trinajstić information content (AvgIpc) is 2.45. The Kier molecular flexibility index (Phi) is 1.90. The van der Waals surface area contributed by atoms with Crippen LogP contribution in [-0.2, 0) is 6.42 Å². The molecule has 1 aromatic heterocycles. The van der Waals surface area contributed by atoms with E-state index in [2.05, 4.69) is 38.0 Å². The third kappa shape index (κ3) is 1.48. The standard InChI is InChI=1S/C12H17N/c1-12(2,3)11-5-4-9-6-7-13-8-10(9)11/h6-8,11H,4-5H2,1-3H3/t11-/m1/s1. The molecule has 0 amide bonds. The molecule has 1 heterocycles. The molecule has 0 saturated carbocycles. The minimum Gasteiger partial charge on any atom is -0.264 e. The molecule has 0 bridgehead atoms. The zero-order valence-electron chi connectivity index (χ0n) is 8.67. The first kappa shape index (κ1) is 8.74. The van der Waals surface area contributed by atoms with Crippen molar-refractivity contribution >= 4 is 0 Å². The van der Waals surface area contributed by atoms with Gasteiger partial charge in [-0.15, -0.1) is 0 Å². The van der Waals surface area contributed by atoms with Crippen molar-refractivity contribution in [2.75, 3.05) is 0 Å². The van der Waals surface area contributed by atoms with E-state index in [1.54, 1.807) is 0 Å². The van der Waals surface area contributed by atoms with Crippen molar-refractivity contribution in [2.45, 2.75) is 39.5 Å². The molecule has 2 rings (SSSR count). The van der Waals surface area contributed by atoms with Gasteiger partial charge in [0, 0.05) is 12.4 Å². The summed E-state index contributed by atoms with van der Waals surface area (Å²) in [7, 11) is 0. The van der Waals surface area contributed by atoms with Crippen molar-refractivity contribution in [3.8, 4) is 0 Å². The van der Waals surface area contributed by atoms with Crippen LogP contribution in [0.15, 0.2) is 18.5 Å². The van der Waals surface area contributed by atoms with Crippen molar-refractivity contribution in [2.24, 2.45) is 5.41 Å². The van der Waals surface area contributed by atoms with Crippen LogP contribution >= 0.6 is 0 Å². The Balaban J connectivity index is 2.39. The largest absolute Gasteiger partial charge is 0.264 e. The summed E-state index contributed by atoms with van der Waals surface area (Å²) in [6.45, 7) is 6.96. The summed E-state index contributed by atoms with van der Waals surface area (Å²) in [5, 5.41) is 0. The first-order valence-electron chi connectivity index (χ1n) is 5.02. The van der Waals surface area contributed by atoms with Gasteiger partial charge in [-0.2, -0.15) is 0 Å². The number of aryl methyl sites for hydroxylation is 1. The normalized spacial score (nSPS) is 21.6. The highest BCUT2D eigenvalue weighted by Crippen LogP contribution is 2.44. The van der Waals surface area contributed by atoms with Gasteiger partial charge in [0.15, 0.2) is 0 Å². The predicted octanol–water partition coefficient (Wildman–Crippen LogP) is 3.16. The zero-order chi connectivity index (χ0) is 9.47. The van der Waals surface area contributed by atoms with E-state index in [1.807, 2.05) is 6.20 Å². The van der Waals surface area contributed by atoms with Crippen molar-refractivity contribution in [3.63, 3.8) is 0 Å². The molecule has 13 heavy (non-hydrogen) atoms. The van der Waals surface area contributed by atoms with Gasteiger partial charge in [-0.1, -0.05) is 20.8 Å². The molecule has 0 spiro atoms. The summed E-state index contributed by atoms with van der Waals surface area (Å²) in [6, 6.07) is 2.17. The van der Waals surface area contributed by atoms with Crippen molar-refractivity contribution in [1.82, 2.24) is 4.98 Å². The number of hydrogen-bond acceptors (Lipinski definition) is 1. The highest BCUT2D eigenvalue weighted by atomic mass is 14.6. The fourth-order valence-corrected chi connectivity index (χ4v) is 2.33. The maximum atomic E-state index is 4.22. The van der Waals surface area contributed by atoms with Crippen LogP contribution in [0.1, 0.15) is 44.2 Å². The lowest BCUT2D eigenvalue weighted by molar-refractivity contribution is 0.318. The van der Waals surface area contributed by atoms with Gasteiger partial charge < -0.3 is 0 Å². The van der Waals surface area contributed by atoms with Gasteiger partial charge in [-0.3, -0.25) is 4.98 Å². The average molecular weight is 175 g/mol. The molecule has 0 unspecified atom stereocenters.